The van der Waals surface area contributed by atoms with Crippen LogP contribution < -0.4 is 4.90 Å². The van der Waals surface area contributed by atoms with Crippen LogP contribution in [0.15, 0.2) is 77.4 Å². The second-order valence-corrected chi connectivity index (χ2v) is 7.40. The molecule has 2 heterocycles. The second kappa shape index (κ2) is 10.4. The number of carbonyl (C=O) groups excluding carboxylic acids is 1. The van der Waals surface area contributed by atoms with Crippen molar-refractivity contribution < 1.29 is 13.6 Å². The Morgan fingerprint density at radius 2 is 1.70 bits per heavy atom. The Kier molecular flexibility index (Phi) is 7.66. The molecule has 158 valence electrons. The van der Waals surface area contributed by atoms with E-state index in [1.807, 2.05) is 47.4 Å². The van der Waals surface area contributed by atoms with Gasteiger partial charge >= 0.3 is 0 Å². The maximum Gasteiger partial charge on any atom is 0.294 e. The molecule has 0 N–H and O–H groups in total. The molecule has 0 aliphatic carbocycles. The molecule has 4 rings (SSSR count). The minimum atomic E-state index is -0.137. The van der Waals surface area contributed by atoms with Gasteiger partial charge in [-0.15, -0.1) is 12.4 Å². The monoisotopic (exact) mass is 428 g/mol. The van der Waals surface area contributed by atoms with Crippen LogP contribution in [0.5, 0.6) is 0 Å². The van der Waals surface area contributed by atoms with E-state index in [0.717, 1.165) is 43.7 Å². The van der Waals surface area contributed by atoms with E-state index in [-0.39, 0.29) is 30.2 Å². The summed E-state index contributed by atoms with van der Waals surface area (Å²) >= 11 is 0. The first-order chi connectivity index (χ1) is 14.2. The maximum atomic E-state index is 13.9. The molecule has 1 fully saturated rings. The zero-order chi connectivity index (χ0) is 20.1. The van der Waals surface area contributed by atoms with Crippen LogP contribution >= 0.6 is 12.4 Å². The quantitative estimate of drug-likeness (QED) is 0.541. The lowest BCUT2D eigenvalue weighted by atomic mass is 10.0. The molecule has 4 nitrogen and oxygen atoms in total. The van der Waals surface area contributed by atoms with E-state index < -0.39 is 0 Å². The SMILES string of the molecule is Cl.O=C(c1ccco1)N(c1ccccc1)C1CCN(CCc2ccccc2F)CC1. The van der Waals surface area contributed by atoms with Crippen molar-refractivity contribution in [3.8, 4) is 0 Å². The van der Waals surface area contributed by atoms with Crippen molar-refractivity contribution >= 4 is 24.0 Å². The number of likely N-dealkylation sites (tertiary alicyclic amines) is 1. The Morgan fingerprint density at radius 1 is 1.00 bits per heavy atom. The van der Waals surface area contributed by atoms with Gasteiger partial charge < -0.3 is 14.2 Å². The number of nitrogens with zero attached hydrogens (tertiary/aromatic N) is 2. The summed E-state index contributed by atoms with van der Waals surface area (Å²) < 4.78 is 19.2. The van der Waals surface area contributed by atoms with Gasteiger partial charge in [-0.05, 0) is 55.2 Å². The first-order valence-corrected chi connectivity index (χ1v) is 10.1. The summed E-state index contributed by atoms with van der Waals surface area (Å²) in [6.07, 6.45) is 3.98. The van der Waals surface area contributed by atoms with Gasteiger partial charge in [-0.2, -0.15) is 0 Å². The molecule has 0 spiro atoms. The molecule has 1 aliphatic rings. The number of hydrogen-bond acceptors (Lipinski definition) is 3. The molecule has 1 aliphatic heterocycles. The molecule has 3 aromatic rings. The lowest BCUT2D eigenvalue weighted by Crippen LogP contribution is -2.48. The van der Waals surface area contributed by atoms with Crippen molar-refractivity contribution in [1.29, 1.82) is 0 Å². The van der Waals surface area contributed by atoms with Gasteiger partial charge in [0.1, 0.15) is 5.82 Å². The molecular weight excluding hydrogens is 403 g/mol. The summed E-state index contributed by atoms with van der Waals surface area (Å²) in [6, 6.07) is 20.3. The molecular formula is C24H26ClFN2O2. The number of carbonyl (C=O) groups is 1. The van der Waals surface area contributed by atoms with Gasteiger partial charge in [0.2, 0.25) is 0 Å². The smallest absolute Gasteiger partial charge is 0.294 e. The third-order valence-corrected chi connectivity index (χ3v) is 5.56. The van der Waals surface area contributed by atoms with Crippen molar-refractivity contribution in [2.24, 2.45) is 0 Å². The van der Waals surface area contributed by atoms with Gasteiger partial charge in [0.25, 0.3) is 5.91 Å². The highest BCUT2D eigenvalue weighted by molar-refractivity contribution is 6.04. The average Bonchev–Trinajstić information content (AvgIpc) is 3.30. The molecule has 6 heteroatoms. The fourth-order valence-electron chi connectivity index (χ4n) is 3.98. The molecule has 0 bridgehead atoms. The van der Waals surface area contributed by atoms with Crippen molar-refractivity contribution in [3.63, 3.8) is 0 Å². The number of para-hydroxylation sites is 1. The lowest BCUT2D eigenvalue weighted by Gasteiger charge is -2.38. The van der Waals surface area contributed by atoms with Gasteiger partial charge in [0.05, 0.1) is 6.26 Å². The Bertz CT molecular complexity index is 925. The Labute approximate surface area is 182 Å². The molecule has 0 atom stereocenters. The van der Waals surface area contributed by atoms with Crippen molar-refractivity contribution in [3.05, 3.63) is 90.1 Å². The van der Waals surface area contributed by atoms with Crippen LogP contribution in [0, 0.1) is 5.82 Å². The van der Waals surface area contributed by atoms with Crippen LogP contribution in [0.2, 0.25) is 0 Å². The van der Waals surface area contributed by atoms with Crippen LogP contribution in [0.25, 0.3) is 0 Å². The number of furan rings is 1. The second-order valence-electron chi connectivity index (χ2n) is 7.40. The summed E-state index contributed by atoms with van der Waals surface area (Å²) in [5.41, 5.74) is 1.65. The van der Waals surface area contributed by atoms with Crippen LogP contribution in [-0.2, 0) is 6.42 Å². The number of anilines is 1. The van der Waals surface area contributed by atoms with E-state index in [2.05, 4.69) is 4.90 Å². The van der Waals surface area contributed by atoms with E-state index in [9.17, 15) is 9.18 Å². The summed E-state index contributed by atoms with van der Waals surface area (Å²) in [6.45, 7) is 2.59. The first-order valence-electron chi connectivity index (χ1n) is 10.1. The number of piperidine rings is 1. The van der Waals surface area contributed by atoms with E-state index in [1.54, 1.807) is 18.2 Å². The molecule has 0 saturated carbocycles. The average molecular weight is 429 g/mol. The maximum absolute atomic E-state index is 13.9. The molecule has 1 saturated heterocycles. The van der Waals surface area contributed by atoms with Gasteiger partial charge in [-0.1, -0.05) is 36.4 Å². The summed E-state index contributed by atoms with van der Waals surface area (Å²) in [4.78, 5) is 17.3. The molecule has 30 heavy (non-hydrogen) atoms. The highest BCUT2D eigenvalue weighted by Crippen LogP contribution is 2.26. The van der Waals surface area contributed by atoms with Crippen LogP contribution in [0.1, 0.15) is 29.0 Å². The van der Waals surface area contributed by atoms with E-state index in [4.69, 9.17) is 4.42 Å². The van der Waals surface area contributed by atoms with Gasteiger partial charge in [-0.25, -0.2) is 4.39 Å². The lowest BCUT2D eigenvalue weighted by molar-refractivity contribution is 0.0933. The van der Waals surface area contributed by atoms with Crippen LogP contribution in [0.4, 0.5) is 10.1 Å². The van der Waals surface area contributed by atoms with E-state index >= 15 is 0 Å². The molecule has 1 amide bonds. The topological polar surface area (TPSA) is 36.7 Å². The fraction of sp³-hybridized carbons (Fsp3) is 0.292. The highest BCUT2D eigenvalue weighted by atomic mass is 35.5. The summed E-state index contributed by atoms with van der Waals surface area (Å²) in [7, 11) is 0. The van der Waals surface area contributed by atoms with E-state index in [1.165, 1.54) is 12.3 Å². The zero-order valence-corrected chi connectivity index (χ0v) is 17.6. The Morgan fingerprint density at radius 3 is 2.37 bits per heavy atom. The minimum Gasteiger partial charge on any atom is -0.459 e. The van der Waals surface area contributed by atoms with Crippen molar-refractivity contribution in [1.82, 2.24) is 4.90 Å². The van der Waals surface area contributed by atoms with Crippen LogP contribution in [0.3, 0.4) is 0 Å². The first kappa shape index (κ1) is 22.1. The molecule has 2 aromatic carbocycles. The number of hydrogen-bond donors (Lipinski definition) is 0. The van der Waals surface area contributed by atoms with Crippen molar-refractivity contribution in [2.75, 3.05) is 24.5 Å². The standard InChI is InChI=1S/C24H25FN2O2.ClH/c25-22-10-5-4-7-19(22)12-15-26-16-13-21(14-17-26)27(20-8-2-1-3-9-20)24(28)23-11-6-18-29-23;/h1-11,18,21H,12-17H2;1H. The highest BCUT2D eigenvalue weighted by Gasteiger charge is 2.30. The van der Waals surface area contributed by atoms with E-state index in [0.29, 0.717) is 12.2 Å². The molecule has 0 radical (unpaired) electrons. The number of rotatable bonds is 6. The zero-order valence-electron chi connectivity index (χ0n) is 16.7. The Hall–Kier alpha value is -2.63. The van der Waals surface area contributed by atoms with Gasteiger partial charge in [0.15, 0.2) is 5.76 Å². The molecule has 0 unspecified atom stereocenters. The predicted molar refractivity (Wildman–Crippen MR) is 119 cm³/mol. The third kappa shape index (κ3) is 5.10. The minimum absolute atomic E-state index is 0. The van der Waals surface area contributed by atoms with Gasteiger partial charge in [-0.3, -0.25) is 4.79 Å². The predicted octanol–water partition coefficient (Wildman–Crippen LogP) is 5.19. The third-order valence-electron chi connectivity index (χ3n) is 5.56. The Balaban J connectivity index is 0.00000256. The van der Waals surface area contributed by atoms with Gasteiger partial charge in [0, 0.05) is 31.4 Å². The number of halogens is 2. The number of benzene rings is 2. The number of amides is 1. The van der Waals surface area contributed by atoms with Crippen LogP contribution in [-0.4, -0.2) is 36.5 Å². The normalized spacial score (nSPS) is 14.8. The fourth-order valence-corrected chi connectivity index (χ4v) is 3.98. The summed E-state index contributed by atoms with van der Waals surface area (Å²) in [5.74, 6) is 0.114. The largest absolute Gasteiger partial charge is 0.459 e. The van der Waals surface area contributed by atoms with Crippen molar-refractivity contribution in [2.45, 2.75) is 25.3 Å². The summed E-state index contributed by atoms with van der Waals surface area (Å²) in [5, 5.41) is 0. The molecule has 1 aromatic heterocycles.